The zero-order valence-corrected chi connectivity index (χ0v) is 16.7. The Labute approximate surface area is 148 Å². The minimum atomic E-state index is -0.492. The molecule has 1 aliphatic rings. The molecule has 0 saturated heterocycles. The van der Waals surface area contributed by atoms with Crippen molar-refractivity contribution in [2.75, 3.05) is 4.90 Å². The maximum Gasteiger partial charge on any atom is 0.415 e. The van der Waals surface area contributed by atoms with E-state index >= 15 is 0 Å². The van der Waals surface area contributed by atoms with Gasteiger partial charge >= 0.3 is 6.09 Å². The van der Waals surface area contributed by atoms with E-state index in [4.69, 9.17) is 4.74 Å². The van der Waals surface area contributed by atoms with Crippen molar-refractivity contribution in [3.8, 4) is 0 Å². The molecule has 0 fully saturated rings. The van der Waals surface area contributed by atoms with Gasteiger partial charge in [-0.25, -0.2) is 4.79 Å². The topological polar surface area (TPSA) is 29.5 Å². The second kappa shape index (κ2) is 6.84. The maximum absolute atomic E-state index is 12.9. The Morgan fingerprint density at radius 3 is 2.61 bits per heavy atom. The number of hydrogen-bond donors (Lipinski definition) is 0. The van der Waals surface area contributed by atoms with Crippen LogP contribution in [0.4, 0.5) is 10.5 Å². The molecule has 0 bridgehead atoms. The summed E-state index contributed by atoms with van der Waals surface area (Å²) in [4.78, 5) is 14.8. The van der Waals surface area contributed by atoms with Crippen LogP contribution < -0.4 is 4.90 Å². The molecule has 1 aromatic rings. The van der Waals surface area contributed by atoms with Gasteiger partial charge in [-0.1, -0.05) is 19.9 Å². The highest BCUT2D eigenvalue weighted by Gasteiger charge is 2.35. The summed E-state index contributed by atoms with van der Waals surface area (Å²) in [6.07, 6.45) is 2.74. The number of rotatable bonds is 2. The molecule has 0 spiro atoms. The summed E-state index contributed by atoms with van der Waals surface area (Å²) in [5, 5.41) is 0. The normalized spacial score (nSPS) is 18.1. The van der Waals surface area contributed by atoms with E-state index in [0.717, 1.165) is 29.4 Å². The molecule has 2 rings (SSSR count). The molecule has 128 valence electrons. The lowest BCUT2D eigenvalue weighted by molar-refractivity contribution is 0.0556. The summed E-state index contributed by atoms with van der Waals surface area (Å²) in [5.41, 5.74) is 2.93. The van der Waals surface area contributed by atoms with Crippen molar-refractivity contribution >= 4 is 27.7 Å². The monoisotopic (exact) mass is 381 g/mol. The first kappa shape index (κ1) is 18.3. The van der Waals surface area contributed by atoms with Gasteiger partial charge in [0.15, 0.2) is 0 Å². The van der Waals surface area contributed by atoms with E-state index in [1.54, 1.807) is 0 Å². The van der Waals surface area contributed by atoms with Gasteiger partial charge in [0.2, 0.25) is 0 Å². The fraction of sp³-hybridized carbons (Fsp3) is 0.632. The largest absolute Gasteiger partial charge is 0.443 e. The van der Waals surface area contributed by atoms with E-state index < -0.39 is 5.60 Å². The zero-order valence-electron chi connectivity index (χ0n) is 15.1. The predicted octanol–water partition coefficient (Wildman–Crippen LogP) is 5.86. The number of nitrogens with zero attached hydrogens (tertiary/aromatic N) is 1. The number of benzene rings is 1. The van der Waals surface area contributed by atoms with Gasteiger partial charge < -0.3 is 4.74 Å². The molecule has 23 heavy (non-hydrogen) atoms. The van der Waals surface area contributed by atoms with Gasteiger partial charge in [0.1, 0.15) is 5.60 Å². The van der Waals surface area contributed by atoms with Crippen LogP contribution in [0.25, 0.3) is 0 Å². The first-order chi connectivity index (χ1) is 10.6. The molecule has 0 aromatic heterocycles. The summed E-state index contributed by atoms with van der Waals surface area (Å²) in [6, 6.07) is 4.45. The molecule has 1 unspecified atom stereocenters. The minimum Gasteiger partial charge on any atom is -0.443 e. The summed E-state index contributed by atoms with van der Waals surface area (Å²) in [6.45, 7) is 12.2. The van der Waals surface area contributed by atoms with Crippen LogP contribution in [-0.4, -0.2) is 17.7 Å². The second-order valence-corrected chi connectivity index (χ2v) is 8.78. The number of anilines is 1. The molecule has 4 heteroatoms. The molecule has 1 aromatic carbocycles. The van der Waals surface area contributed by atoms with Crippen LogP contribution in [0.3, 0.4) is 0 Å². The standard InChI is InChI=1S/C19H28BrNO2/c1-12(2)9-15-8-7-14-10-13(3)11-16(20)17(14)21(15)18(22)23-19(4,5)6/h10-12,15H,7-9H2,1-6H3. The number of carbonyl (C=O) groups excluding carboxylic acids is 1. The van der Waals surface area contributed by atoms with Gasteiger partial charge in [-0.2, -0.15) is 0 Å². The Balaban J connectivity index is 2.45. The molecular formula is C19H28BrNO2. The van der Waals surface area contributed by atoms with Crippen molar-refractivity contribution in [2.24, 2.45) is 5.92 Å². The number of carbonyl (C=O) groups is 1. The molecule has 0 N–H and O–H groups in total. The van der Waals surface area contributed by atoms with Crippen LogP contribution in [0.2, 0.25) is 0 Å². The highest BCUT2D eigenvalue weighted by molar-refractivity contribution is 9.10. The molecule has 0 saturated carbocycles. The molecule has 0 aliphatic carbocycles. The van der Waals surface area contributed by atoms with E-state index in [1.807, 2.05) is 25.7 Å². The Bertz CT molecular complexity index is 590. The maximum atomic E-state index is 12.9. The van der Waals surface area contributed by atoms with E-state index in [-0.39, 0.29) is 12.1 Å². The number of halogens is 1. The predicted molar refractivity (Wildman–Crippen MR) is 99.2 cm³/mol. The average molecular weight is 382 g/mol. The summed E-state index contributed by atoms with van der Waals surface area (Å²) in [7, 11) is 0. The SMILES string of the molecule is Cc1cc(Br)c2c(c1)CCC(CC(C)C)N2C(=O)OC(C)(C)C. The van der Waals surface area contributed by atoms with Gasteiger partial charge in [-0.15, -0.1) is 0 Å². The van der Waals surface area contributed by atoms with E-state index in [9.17, 15) is 4.79 Å². The number of aryl methyl sites for hydroxylation is 2. The van der Waals surface area contributed by atoms with Crippen LogP contribution in [0.1, 0.15) is 58.6 Å². The Morgan fingerprint density at radius 2 is 2.04 bits per heavy atom. The smallest absolute Gasteiger partial charge is 0.415 e. The number of hydrogen-bond acceptors (Lipinski definition) is 2. The Kier molecular flexibility index (Phi) is 5.44. The molecule has 1 amide bonds. The summed E-state index contributed by atoms with van der Waals surface area (Å²) < 4.78 is 6.68. The molecule has 3 nitrogen and oxygen atoms in total. The lowest BCUT2D eigenvalue weighted by Crippen LogP contribution is -2.47. The Hall–Kier alpha value is -1.03. The van der Waals surface area contributed by atoms with Crippen molar-refractivity contribution in [2.45, 2.75) is 72.4 Å². The van der Waals surface area contributed by atoms with Crippen LogP contribution in [0, 0.1) is 12.8 Å². The second-order valence-electron chi connectivity index (χ2n) is 7.93. The minimum absolute atomic E-state index is 0.191. The fourth-order valence-electron chi connectivity index (χ4n) is 3.22. The Morgan fingerprint density at radius 1 is 1.39 bits per heavy atom. The van der Waals surface area contributed by atoms with Crippen molar-refractivity contribution in [1.82, 2.24) is 0 Å². The number of amides is 1. The molecular weight excluding hydrogens is 354 g/mol. The zero-order chi connectivity index (χ0) is 17.4. The van der Waals surface area contributed by atoms with Gasteiger partial charge in [0.25, 0.3) is 0 Å². The van der Waals surface area contributed by atoms with Crippen molar-refractivity contribution in [1.29, 1.82) is 0 Å². The quantitative estimate of drug-likeness (QED) is 0.641. The molecule has 1 aliphatic heterocycles. The highest BCUT2D eigenvalue weighted by atomic mass is 79.9. The third kappa shape index (κ3) is 4.50. The van der Waals surface area contributed by atoms with E-state index in [0.29, 0.717) is 5.92 Å². The van der Waals surface area contributed by atoms with Crippen LogP contribution in [-0.2, 0) is 11.2 Å². The molecule has 1 heterocycles. The third-order valence-corrected chi connectivity index (χ3v) is 4.58. The van der Waals surface area contributed by atoms with Crippen LogP contribution in [0.5, 0.6) is 0 Å². The number of ether oxygens (including phenoxy) is 1. The van der Waals surface area contributed by atoms with Crippen molar-refractivity contribution in [3.05, 3.63) is 27.7 Å². The van der Waals surface area contributed by atoms with Gasteiger partial charge in [-0.05, 0) is 86.0 Å². The van der Waals surface area contributed by atoms with Gasteiger partial charge in [-0.3, -0.25) is 4.90 Å². The molecule has 0 radical (unpaired) electrons. The first-order valence-corrected chi connectivity index (χ1v) is 9.19. The highest BCUT2D eigenvalue weighted by Crippen LogP contribution is 2.40. The summed E-state index contributed by atoms with van der Waals surface area (Å²) in [5.74, 6) is 0.538. The van der Waals surface area contributed by atoms with Gasteiger partial charge in [0, 0.05) is 10.5 Å². The lowest BCUT2D eigenvalue weighted by Gasteiger charge is -2.39. The van der Waals surface area contributed by atoms with E-state index in [2.05, 4.69) is 48.8 Å². The van der Waals surface area contributed by atoms with Crippen molar-refractivity contribution in [3.63, 3.8) is 0 Å². The van der Waals surface area contributed by atoms with Crippen molar-refractivity contribution < 1.29 is 9.53 Å². The van der Waals surface area contributed by atoms with Crippen LogP contribution in [0.15, 0.2) is 16.6 Å². The van der Waals surface area contributed by atoms with E-state index in [1.165, 1.54) is 11.1 Å². The van der Waals surface area contributed by atoms with Crippen LogP contribution >= 0.6 is 15.9 Å². The number of fused-ring (bicyclic) bond motifs is 1. The lowest BCUT2D eigenvalue weighted by atomic mass is 9.90. The first-order valence-electron chi connectivity index (χ1n) is 8.39. The van der Waals surface area contributed by atoms with Gasteiger partial charge in [0.05, 0.1) is 5.69 Å². The third-order valence-electron chi connectivity index (χ3n) is 3.97. The summed E-state index contributed by atoms with van der Waals surface area (Å²) >= 11 is 3.67. The molecule has 1 atom stereocenters. The average Bonchev–Trinajstić information content (AvgIpc) is 2.36. The fourth-order valence-corrected chi connectivity index (χ4v) is 4.03.